The van der Waals surface area contributed by atoms with Gasteiger partial charge in [-0.2, -0.15) is 0 Å². The molecule has 6 heteroatoms. The molecule has 0 saturated heterocycles. The van der Waals surface area contributed by atoms with Gasteiger partial charge < -0.3 is 4.74 Å². The van der Waals surface area contributed by atoms with Crippen LogP contribution in [0, 0.1) is 0 Å². The van der Waals surface area contributed by atoms with E-state index in [1.807, 2.05) is 0 Å². The Labute approximate surface area is 110 Å². The van der Waals surface area contributed by atoms with Gasteiger partial charge in [-0.3, -0.25) is 5.11 Å². The molecule has 0 bridgehead atoms. The molecule has 87 valence electrons. The molecule has 0 aliphatic rings. The summed E-state index contributed by atoms with van der Waals surface area (Å²) in [7, 11) is 1.23. The molecule has 0 unspecified atom stereocenters. The van der Waals surface area contributed by atoms with Gasteiger partial charge in [0.1, 0.15) is 0 Å². The number of pyridine rings is 1. The van der Waals surface area contributed by atoms with Gasteiger partial charge in [0.2, 0.25) is 0 Å². The smallest absolute Gasteiger partial charge is 0.356 e. The van der Waals surface area contributed by atoms with Crippen LogP contribution in [0.15, 0.2) is 22.7 Å². The van der Waals surface area contributed by atoms with E-state index in [1.54, 1.807) is 6.07 Å². The Kier molecular flexibility index (Phi) is 3.22. The van der Waals surface area contributed by atoms with Crippen LogP contribution in [0.1, 0.15) is 10.5 Å². The van der Waals surface area contributed by atoms with Gasteiger partial charge in [0, 0.05) is 15.6 Å². The second-order valence-corrected chi connectivity index (χ2v) is 4.57. The molecular formula is C11H6BrClNO3. The number of benzene rings is 1. The Hall–Kier alpha value is -1.33. The quantitative estimate of drug-likeness (QED) is 0.756. The third-order valence-corrected chi connectivity index (χ3v) is 3.01. The van der Waals surface area contributed by atoms with Crippen molar-refractivity contribution in [1.82, 2.24) is 4.98 Å². The summed E-state index contributed by atoms with van der Waals surface area (Å²) < 4.78 is 5.08. The largest absolute Gasteiger partial charge is 0.464 e. The highest BCUT2D eigenvalue weighted by Gasteiger charge is 2.15. The number of carbonyl (C=O) groups is 1. The summed E-state index contributed by atoms with van der Waals surface area (Å²) in [6.45, 7) is 0. The number of esters is 1. The number of halogens is 2. The highest BCUT2D eigenvalue weighted by Crippen LogP contribution is 2.33. The molecule has 1 aromatic carbocycles. The molecule has 1 heterocycles. The van der Waals surface area contributed by atoms with Crippen molar-refractivity contribution >= 4 is 44.4 Å². The molecule has 0 N–H and O–H groups in total. The number of carbonyl (C=O) groups excluding carboxylic acids is 1. The first kappa shape index (κ1) is 12.1. The van der Waals surface area contributed by atoms with Crippen molar-refractivity contribution < 1.29 is 14.6 Å². The summed E-state index contributed by atoms with van der Waals surface area (Å²) in [6, 6.07) is 4.26. The van der Waals surface area contributed by atoms with Crippen LogP contribution in [-0.2, 0) is 9.84 Å². The van der Waals surface area contributed by atoms with Crippen LogP contribution < -0.4 is 0 Å². The molecule has 0 saturated carbocycles. The maximum absolute atomic E-state index is 11.8. The third-order valence-electron chi connectivity index (χ3n) is 2.19. The third kappa shape index (κ3) is 2.21. The Morgan fingerprint density at radius 2 is 2.12 bits per heavy atom. The number of rotatable bonds is 1. The Bertz CT molecular complexity index is 615. The van der Waals surface area contributed by atoms with Crippen LogP contribution in [0.2, 0.25) is 5.02 Å². The summed E-state index contributed by atoms with van der Waals surface area (Å²) in [4.78, 5) is 15.4. The lowest BCUT2D eigenvalue weighted by Crippen LogP contribution is -2.04. The molecule has 0 aliphatic heterocycles. The van der Waals surface area contributed by atoms with E-state index in [0.717, 1.165) is 6.07 Å². The second kappa shape index (κ2) is 4.50. The van der Waals surface area contributed by atoms with Crippen LogP contribution in [0.4, 0.5) is 0 Å². The van der Waals surface area contributed by atoms with Crippen LogP contribution >= 0.6 is 27.5 Å². The summed E-state index contributed by atoms with van der Waals surface area (Å²) in [5, 5.41) is 12.6. The number of nitrogens with zero attached hydrogens (tertiary/aromatic N) is 1. The average molecular weight is 316 g/mol. The first-order valence-electron chi connectivity index (χ1n) is 4.58. The fourth-order valence-corrected chi connectivity index (χ4v) is 2.33. The van der Waals surface area contributed by atoms with E-state index < -0.39 is 5.97 Å². The van der Waals surface area contributed by atoms with Crippen molar-refractivity contribution in [2.45, 2.75) is 0 Å². The van der Waals surface area contributed by atoms with Gasteiger partial charge in [0.25, 0.3) is 0 Å². The molecule has 17 heavy (non-hydrogen) atoms. The van der Waals surface area contributed by atoms with Crippen LogP contribution in [0.5, 0.6) is 5.75 Å². The van der Waals surface area contributed by atoms with Gasteiger partial charge in [-0.1, -0.05) is 11.6 Å². The molecule has 2 rings (SSSR count). The number of hydrogen-bond acceptors (Lipinski definition) is 3. The SMILES string of the molecule is COC(=O)c1cc([O])c2cc(Cl)cc(Br)c2n1. The minimum atomic E-state index is -0.647. The van der Waals surface area contributed by atoms with E-state index in [0.29, 0.717) is 20.4 Å². The minimum Gasteiger partial charge on any atom is -0.464 e. The number of aromatic nitrogens is 1. The summed E-state index contributed by atoms with van der Waals surface area (Å²) in [5.41, 5.74) is 0.371. The van der Waals surface area contributed by atoms with Crippen molar-refractivity contribution in [3.8, 4) is 5.75 Å². The Morgan fingerprint density at radius 1 is 1.41 bits per heavy atom. The molecule has 1 aromatic heterocycles. The van der Waals surface area contributed by atoms with Crippen molar-refractivity contribution in [3.63, 3.8) is 0 Å². The van der Waals surface area contributed by atoms with Gasteiger partial charge in [0.05, 0.1) is 18.0 Å². The maximum Gasteiger partial charge on any atom is 0.356 e. The van der Waals surface area contributed by atoms with E-state index in [4.69, 9.17) is 11.6 Å². The van der Waals surface area contributed by atoms with Crippen LogP contribution in [0.3, 0.4) is 0 Å². The fraction of sp³-hybridized carbons (Fsp3) is 0.0909. The van der Waals surface area contributed by atoms with E-state index in [-0.39, 0.29) is 11.4 Å². The van der Waals surface area contributed by atoms with Crippen molar-refractivity contribution in [3.05, 3.63) is 33.4 Å². The first-order chi connectivity index (χ1) is 8.02. The number of methoxy groups -OCH3 is 1. The summed E-state index contributed by atoms with van der Waals surface area (Å²) in [6.07, 6.45) is 0. The molecule has 0 aliphatic carbocycles. The topological polar surface area (TPSA) is 59.1 Å². The zero-order valence-electron chi connectivity index (χ0n) is 8.66. The minimum absolute atomic E-state index is 0.0203. The van der Waals surface area contributed by atoms with Gasteiger partial charge in [-0.25, -0.2) is 9.78 Å². The molecule has 4 nitrogen and oxygen atoms in total. The van der Waals surface area contributed by atoms with Gasteiger partial charge in [-0.15, -0.1) is 0 Å². The number of fused-ring (bicyclic) bond motifs is 1. The lowest BCUT2D eigenvalue weighted by Gasteiger charge is -2.05. The molecule has 1 radical (unpaired) electrons. The van der Waals surface area contributed by atoms with Crippen molar-refractivity contribution in [1.29, 1.82) is 0 Å². The zero-order valence-corrected chi connectivity index (χ0v) is 11.0. The average Bonchev–Trinajstić information content (AvgIpc) is 2.29. The van der Waals surface area contributed by atoms with Crippen LogP contribution in [-0.4, -0.2) is 18.1 Å². The summed E-state index contributed by atoms with van der Waals surface area (Å²) in [5.74, 6) is -0.968. The lowest BCUT2D eigenvalue weighted by atomic mass is 10.2. The van der Waals surface area contributed by atoms with Gasteiger partial charge in [0.15, 0.2) is 11.4 Å². The molecule has 0 amide bonds. The molecule has 2 aromatic rings. The zero-order chi connectivity index (χ0) is 12.6. The normalized spacial score (nSPS) is 10.5. The van der Waals surface area contributed by atoms with E-state index in [1.165, 1.54) is 13.2 Å². The van der Waals surface area contributed by atoms with E-state index >= 15 is 0 Å². The van der Waals surface area contributed by atoms with E-state index in [9.17, 15) is 9.90 Å². The summed E-state index contributed by atoms with van der Waals surface area (Å²) >= 11 is 9.09. The molecule has 0 fully saturated rings. The van der Waals surface area contributed by atoms with Gasteiger partial charge in [-0.05, 0) is 28.1 Å². The predicted octanol–water partition coefficient (Wildman–Crippen LogP) is 3.58. The van der Waals surface area contributed by atoms with E-state index in [2.05, 4.69) is 25.7 Å². The lowest BCUT2D eigenvalue weighted by molar-refractivity contribution is 0.0594. The standard InChI is InChI=1S/C11H6BrClNO3/c1-17-11(16)8-4-9(15)6-2-5(13)3-7(12)10(6)14-8/h2-4H,1H3. The Morgan fingerprint density at radius 3 is 2.76 bits per heavy atom. The Balaban J connectivity index is 2.77. The fourth-order valence-electron chi connectivity index (χ4n) is 1.43. The number of hydrogen-bond donors (Lipinski definition) is 0. The molecule has 0 spiro atoms. The number of ether oxygens (including phenoxy) is 1. The van der Waals surface area contributed by atoms with Crippen LogP contribution in [0.25, 0.3) is 10.9 Å². The highest BCUT2D eigenvalue weighted by atomic mass is 79.9. The highest BCUT2D eigenvalue weighted by molar-refractivity contribution is 9.10. The molecule has 0 atom stereocenters. The maximum atomic E-state index is 11.8. The molecular weight excluding hydrogens is 309 g/mol. The predicted molar refractivity (Wildman–Crippen MR) is 65.9 cm³/mol. The monoisotopic (exact) mass is 314 g/mol. The first-order valence-corrected chi connectivity index (χ1v) is 5.75. The second-order valence-electron chi connectivity index (χ2n) is 3.28. The van der Waals surface area contributed by atoms with Crippen molar-refractivity contribution in [2.75, 3.05) is 7.11 Å². The van der Waals surface area contributed by atoms with Gasteiger partial charge >= 0.3 is 5.97 Å². The van der Waals surface area contributed by atoms with Crippen molar-refractivity contribution in [2.24, 2.45) is 0 Å².